The van der Waals surface area contributed by atoms with Crippen molar-refractivity contribution in [2.75, 3.05) is 20.3 Å². The van der Waals surface area contributed by atoms with Crippen LogP contribution in [0.4, 0.5) is 0 Å². The predicted molar refractivity (Wildman–Crippen MR) is 73.6 cm³/mol. The second-order valence-electron chi connectivity index (χ2n) is 5.14. The average molecular weight is 249 g/mol. The van der Waals surface area contributed by atoms with Gasteiger partial charge in [0.15, 0.2) is 11.5 Å². The van der Waals surface area contributed by atoms with Crippen molar-refractivity contribution in [3.63, 3.8) is 0 Å². The van der Waals surface area contributed by atoms with Gasteiger partial charge in [0, 0.05) is 12.6 Å². The molecule has 0 aliphatic heterocycles. The molecule has 1 aliphatic carbocycles. The third-order valence-electron chi connectivity index (χ3n) is 3.22. The summed E-state index contributed by atoms with van der Waals surface area (Å²) in [5.74, 6) is 2.16. The molecule has 3 heteroatoms. The Morgan fingerprint density at radius 3 is 2.67 bits per heavy atom. The molecule has 2 rings (SSSR count). The third-order valence-corrected chi connectivity index (χ3v) is 3.22. The van der Waals surface area contributed by atoms with Gasteiger partial charge in [0.05, 0.1) is 7.11 Å². The predicted octanol–water partition coefficient (Wildman–Crippen LogP) is 2.95. The van der Waals surface area contributed by atoms with Crippen LogP contribution in [-0.4, -0.2) is 26.3 Å². The van der Waals surface area contributed by atoms with Gasteiger partial charge in [0.25, 0.3) is 0 Å². The second-order valence-corrected chi connectivity index (χ2v) is 5.14. The zero-order chi connectivity index (χ0) is 13.0. The van der Waals surface area contributed by atoms with Crippen LogP contribution >= 0.6 is 0 Å². The molecule has 1 aliphatic rings. The van der Waals surface area contributed by atoms with Crippen LogP contribution in [0.2, 0.25) is 0 Å². The average Bonchev–Trinajstić information content (AvgIpc) is 3.18. The first kappa shape index (κ1) is 13.2. The van der Waals surface area contributed by atoms with Crippen LogP contribution in [0.5, 0.6) is 11.5 Å². The van der Waals surface area contributed by atoms with Crippen LogP contribution in [0.25, 0.3) is 0 Å². The highest BCUT2D eigenvalue weighted by atomic mass is 16.5. The Kier molecular flexibility index (Phi) is 4.48. The maximum absolute atomic E-state index is 5.75. The van der Waals surface area contributed by atoms with Gasteiger partial charge in [-0.3, -0.25) is 0 Å². The lowest BCUT2D eigenvalue weighted by molar-refractivity contribution is 0.291. The Morgan fingerprint density at radius 2 is 2.06 bits per heavy atom. The van der Waals surface area contributed by atoms with Gasteiger partial charge < -0.3 is 14.8 Å². The summed E-state index contributed by atoms with van der Waals surface area (Å²) in [6.07, 6.45) is 2.62. The molecule has 3 nitrogen and oxygen atoms in total. The molecule has 18 heavy (non-hydrogen) atoms. The Balaban J connectivity index is 1.89. The van der Waals surface area contributed by atoms with Crippen LogP contribution < -0.4 is 14.8 Å². The summed E-state index contributed by atoms with van der Waals surface area (Å²) in [5, 5.41) is 3.43. The van der Waals surface area contributed by atoms with Crippen molar-refractivity contribution in [2.45, 2.75) is 38.6 Å². The summed E-state index contributed by atoms with van der Waals surface area (Å²) in [5.41, 5.74) is 1.27. The van der Waals surface area contributed by atoms with Crippen LogP contribution in [0, 0.1) is 0 Å². The van der Waals surface area contributed by atoms with E-state index in [1.807, 2.05) is 6.07 Å². The van der Waals surface area contributed by atoms with Crippen molar-refractivity contribution < 1.29 is 9.47 Å². The van der Waals surface area contributed by atoms with Gasteiger partial charge in [-0.2, -0.15) is 0 Å². The molecule has 0 atom stereocenters. The number of methoxy groups -OCH3 is 1. The van der Waals surface area contributed by atoms with E-state index in [2.05, 4.69) is 31.3 Å². The quantitative estimate of drug-likeness (QED) is 0.754. The minimum Gasteiger partial charge on any atom is -0.493 e. The molecule has 0 saturated heterocycles. The topological polar surface area (TPSA) is 30.5 Å². The lowest BCUT2D eigenvalue weighted by Gasteiger charge is -2.13. The summed E-state index contributed by atoms with van der Waals surface area (Å²) in [6, 6.07) is 6.91. The molecule has 0 heterocycles. The number of hydrogen-bond acceptors (Lipinski definition) is 3. The van der Waals surface area contributed by atoms with Crippen LogP contribution in [0.3, 0.4) is 0 Å². The normalized spacial score (nSPS) is 14.9. The molecule has 0 spiro atoms. The number of benzene rings is 1. The molecule has 0 aromatic heterocycles. The van der Waals surface area contributed by atoms with Gasteiger partial charge in [0.2, 0.25) is 0 Å². The van der Waals surface area contributed by atoms with E-state index in [4.69, 9.17) is 9.47 Å². The maximum atomic E-state index is 5.75. The van der Waals surface area contributed by atoms with Crippen LogP contribution in [0.1, 0.15) is 38.2 Å². The zero-order valence-corrected chi connectivity index (χ0v) is 11.5. The molecule has 0 bridgehead atoms. The monoisotopic (exact) mass is 249 g/mol. The number of nitrogens with one attached hydrogen (secondary N) is 1. The van der Waals surface area contributed by atoms with Crippen LogP contribution in [0.15, 0.2) is 18.2 Å². The van der Waals surface area contributed by atoms with Crippen molar-refractivity contribution in [1.82, 2.24) is 5.32 Å². The SMILES string of the molecule is COc1cc(C(C)C)ccc1OCCNC1CC1. The first-order valence-corrected chi connectivity index (χ1v) is 6.75. The molecule has 0 radical (unpaired) electrons. The zero-order valence-electron chi connectivity index (χ0n) is 11.5. The highest BCUT2D eigenvalue weighted by molar-refractivity contribution is 5.43. The van der Waals surface area contributed by atoms with E-state index in [0.717, 1.165) is 24.1 Å². The smallest absolute Gasteiger partial charge is 0.161 e. The van der Waals surface area contributed by atoms with Crippen molar-refractivity contribution in [3.05, 3.63) is 23.8 Å². The molecule has 100 valence electrons. The van der Waals surface area contributed by atoms with E-state index in [0.29, 0.717) is 12.5 Å². The van der Waals surface area contributed by atoms with E-state index in [1.165, 1.54) is 18.4 Å². The van der Waals surface area contributed by atoms with Crippen LogP contribution in [-0.2, 0) is 0 Å². The van der Waals surface area contributed by atoms with Gasteiger partial charge in [-0.25, -0.2) is 0 Å². The highest BCUT2D eigenvalue weighted by Gasteiger charge is 2.19. The first-order chi connectivity index (χ1) is 8.70. The van der Waals surface area contributed by atoms with E-state index in [9.17, 15) is 0 Å². The van der Waals surface area contributed by atoms with E-state index >= 15 is 0 Å². The van der Waals surface area contributed by atoms with Crippen molar-refractivity contribution in [1.29, 1.82) is 0 Å². The fourth-order valence-electron chi connectivity index (χ4n) is 1.87. The summed E-state index contributed by atoms with van der Waals surface area (Å²) in [6.45, 7) is 5.94. The van der Waals surface area contributed by atoms with E-state index in [-0.39, 0.29) is 0 Å². The standard InChI is InChI=1S/C15H23NO2/c1-11(2)12-4-7-14(15(10-12)17-3)18-9-8-16-13-5-6-13/h4,7,10-11,13,16H,5-6,8-9H2,1-3H3. The number of rotatable bonds is 7. The maximum Gasteiger partial charge on any atom is 0.161 e. The summed E-state index contributed by atoms with van der Waals surface area (Å²) in [7, 11) is 1.69. The van der Waals surface area contributed by atoms with Gasteiger partial charge in [-0.05, 0) is 36.5 Å². The fraction of sp³-hybridized carbons (Fsp3) is 0.600. The Labute approximate surface area is 109 Å². The number of hydrogen-bond donors (Lipinski definition) is 1. The van der Waals surface area contributed by atoms with Gasteiger partial charge in [-0.15, -0.1) is 0 Å². The minimum absolute atomic E-state index is 0.504. The van der Waals surface area contributed by atoms with E-state index < -0.39 is 0 Å². The highest BCUT2D eigenvalue weighted by Crippen LogP contribution is 2.30. The van der Waals surface area contributed by atoms with Gasteiger partial charge in [0.1, 0.15) is 6.61 Å². The van der Waals surface area contributed by atoms with Gasteiger partial charge in [-0.1, -0.05) is 19.9 Å². The molecule has 1 fully saturated rings. The molecule has 0 amide bonds. The van der Waals surface area contributed by atoms with Crippen molar-refractivity contribution in [3.8, 4) is 11.5 Å². The largest absolute Gasteiger partial charge is 0.493 e. The summed E-state index contributed by atoms with van der Waals surface area (Å²) < 4.78 is 11.1. The van der Waals surface area contributed by atoms with Crippen molar-refractivity contribution >= 4 is 0 Å². The minimum atomic E-state index is 0.504. The Morgan fingerprint density at radius 1 is 1.28 bits per heavy atom. The molecule has 1 aromatic rings. The molecule has 1 N–H and O–H groups in total. The van der Waals surface area contributed by atoms with Crippen molar-refractivity contribution in [2.24, 2.45) is 0 Å². The molecular formula is C15H23NO2. The molecule has 0 unspecified atom stereocenters. The molecule has 1 saturated carbocycles. The van der Waals surface area contributed by atoms with Gasteiger partial charge >= 0.3 is 0 Å². The Hall–Kier alpha value is -1.22. The lowest BCUT2D eigenvalue weighted by Crippen LogP contribution is -2.22. The second kappa shape index (κ2) is 6.10. The lowest BCUT2D eigenvalue weighted by atomic mass is 10.0. The van der Waals surface area contributed by atoms with E-state index in [1.54, 1.807) is 7.11 Å². The summed E-state index contributed by atoms with van der Waals surface area (Å²) in [4.78, 5) is 0. The third kappa shape index (κ3) is 3.64. The summed E-state index contributed by atoms with van der Waals surface area (Å²) >= 11 is 0. The molecule has 1 aromatic carbocycles. The Bertz CT molecular complexity index is 386. The first-order valence-electron chi connectivity index (χ1n) is 6.75. The molecular weight excluding hydrogens is 226 g/mol. The number of ether oxygens (including phenoxy) is 2. The fourth-order valence-corrected chi connectivity index (χ4v) is 1.87.